The standard InChI is InChI=1S/C20H22N4/c21-13-16-3-5-18(6-4-16)19-7-8-20(22-14-19)24-11-9-23(10-12-24)15-17-1-2-17/h3-8,14,17H,1-2,9-12,15H2. The van der Waals surface area contributed by atoms with E-state index in [1.54, 1.807) is 0 Å². The van der Waals surface area contributed by atoms with Crippen molar-refractivity contribution in [3.63, 3.8) is 0 Å². The summed E-state index contributed by atoms with van der Waals surface area (Å²) in [4.78, 5) is 9.64. The molecule has 1 aromatic heterocycles. The fraction of sp³-hybridized carbons (Fsp3) is 0.400. The third kappa shape index (κ3) is 3.42. The molecule has 2 aliphatic rings. The van der Waals surface area contributed by atoms with Crippen molar-refractivity contribution in [1.82, 2.24) is 9.88 Å². The van der Waals surface area contributed by atoms with E-state index in [9.17, 15) is 0 Å². The van der Waals surface area contributed by atoms with Crippen LogP contribution in [0.3, 0.4) is 0 Å². The number of aromatic nitrogens is 1. The number of anilines is 1. The molecule has 24 heavy (non-hydrogen) atoms. The van der Waals surface area contributed by atoms with E-state index in [0.29, 0.717) is 5.56 Å². The van der Waals surface area contributed by atoms with E-state index in [1.807, 2.05) is 30.5 Å². The van der Waals surface area contributed by atoms with Crippen molar-refractivity contribution in [3.8, 4) is 17.2 Å². The van der Waals surface area contributed by atoms with Crippen LogP contribution in [0.25, 0.3) is 11.1 Å². The van der Waals surface area contributed by atoms with E-state index in [-0.39, 0.29) is 0 Å². The molecule has 0 spiro atoms. The van der Waals surface area contributed by atoms with Crippen LogP contribution in [0.2, 0.25) is 0 Å². The third-order valence-corrected chi connectivity index (χ3v) is 5.00. The highest BCUT2D eigenvalue weighted by molar-refractivity contribution is 5.64. The highest BCUT2D eigenvalue weighted by atomic mass is 15.3. The van der Waals surface area contributed by atoms with Crippen LogP contribution in [0, 0.1) is 17.2 Å². The molecule has 2 heterocycles. The summed E-state index contributed by atoms with van der Waals surface area (Å²) in [7, 11) is 0. The maximum Gasteiger partial charge on any atom is 0.128 e. The minimum absolute atomic E-state index is 0.687. The Morgan fingerprint density at radius 1 is 0.958 bits per heavy atom. The van der Waals surface area contributed by atoms with Crippen LogP contribution in [-0.2, 0) is 0 Å². The van der Waals surface area contributed by atoms with Crippen LogP contribution >= 0.6 is 0 Å². The quantitative estimate of drug-likeness (QED) is 0.868. The predicted octanol–water partition coefficient (Wildman–Crippen LogP) is 3.15. The summed E-state index contributed by atoms with van der Waals surface area (Å²) in [6, 6.07) is 14.0. The number of hydrogen-bond acceptors (Lipinski definition) is 4. The fourth-order valence-electron chi connectivity index (χ4n) is 3.31. The van der Waals surface area contributed by atoms with E-state index in [4.69, 9.17) is 5.26 Å². The Balaban J connectivity index is 1.39. The summed E-state index contributed by atoms with van der Waals surface area (Å²) in [5.74, 6) is 2.04. The van der Waals surface area contributed by atoms with E-state index >= 15 is 0 Å². The second kappa shape index (κ2) is 6.62. The Kier molecular flexibility index (Phi) is 4.18. The van der Waals surface area contributed by atoms with Crippen LogP contribution in [0.5, 0.6) is 0 Å². The SMILES string of the molecule is N#Cc1ccc(-c2ccc(N3CCN(CC4CC4)CC3)nc2)cc1. The molecule has 122 valence electrons. The first-order valence-corrected chi connectivity index (χ1v) is 8.76. The lowest BCUT2D eigenvalue weighted by atomic mass is 10.1. The van der Waals surface area contributed by atoms with Gasteiger partial charge in [-0.15, -0.1) is 0 Å². The van der Waals surface area contributed by atoms with E-state index in [2.05, 4.69) is 33.0 Å². The third-order valence-electron chi connectivity index (χ3n) is 5.00. The summed E-state index contributed by atoms with van der Waals surface area (Å²) in [5, 5.41) is 8.88. The van der Waals surface area contributed by atoms with E-state index in [1.165, 1.54) is 19.4 Å². The second-order valence-electron chi connectivity index (χ2n) is 6.83. The predicted molar refractivity (Wildman–Crippen MR) is 95.8 cm³/mol. The lowest BCUT2D eigenvalue weighted by Gasteiger charge is -2.35. The van der Waals surface area contributed by atoms with Crippen LogP contribution in [0.4, 0.5) is 5.82 Å². The van der Waals surface area contributed by atoms with Gasteiger partial charge in [0.15, 0.2) is 0 Å². The molecule has 1 saturated heterocycles. The molecule has 4 heteroatoms. The Morgan fingerprint density at radius 2 is 1.67 bits per heavy atom. The average Bonchev–Trinajstić information content (AvgIpc) is 3.47. The first kappa shape index (κ1) is 15.2. The number of pyridine rings is 1. The van der Waals surface area contributed by atoms with Crippen molar-refractivity contribution < 1.29 is 0 Å². The zero-order valence-corrected chi connectivity index (χ0v) is 13.9. The average molecular weight is 318 g/mol. The molecule has 1 saturated carbocycles. The van der Waals surface area contributed by atoms with Gasteiger partial charge in [-0.2, -0.15) is 5.26 Å². The number of piperazine rings is 1. The Bertz CT molecular complexity index is 718. The number of benzene rings is 1. The fourth-order valence-corrected chi connectivity index (χ4v) is 3.31. The van der Waals surface area contributed by atoms with Gasteiger partial charge in [0.2, 0.25) is 0 Å². The van der Waals surface area contributed by atoms with Gasteiger partial charge < -0.3 is 4.90 Å². The minimum atomic E-state index is 0.687. The molecule has 0 bridgehead atoms. The first-order valence-electron chi connectivity index (χ1n) is 8.76. The molecular weight excluding hydrogens is 296 g/mol. The van der Waals surface area contributed by atoms with Crippen molar-refractivity contribution in [1.29, 1.82) is 5.26 Å². The van der Waals surface area contributed by atoms with Crippen LogP contribution < -0.4 is 4.90 Å². The molecule has 0 amide bonds. The molecule has 4 nitrogen and oxygen atoms in total. The zero-order valence-electron chi connectivity index (χ0n) is 13.9. The van der Waals surface area contributed by atoms with Gasteiger partial charge in [-0.25, -0.2) is 4.98 Å². The number of rotatable bonds is 4. The van der Waals surface area contributed by atoms with Crippen LogP contribution in [-0.4, -0.2) is 42.6 Å². The number of nitriles is 1. The van der Waals surface area contributed by atoms with Gasteiger partial charge in [0, 0.05) is 44.5 Å². The molecule has 0 unspecified atom stereocenters. The maximum absolute atomic E-state index is 8.88. The highest BCUT2D eigenvalue weighted by Gasteiger charge is 2.26. The van der Waals surface area contributed by atoms with Gasteiger partial charge in [-0.05, 0) is 48.6 Å². The molecule has 2 aromatic rings. The zero-order chi connectivity index (χ0) is 16.4. The smallest absolute Gasteiger partial charge is 0.128 e. The summed E-state index contributed by atoms with van der Waals surface area (Å²) in [6.45, 7) is 5.72. The summed E-state index contributed by atoms with van der Waals surface area (Å²) in [5.41, 5.74) is 2.88. The first-order chi connectivity index (χ1) is 11.8. The molecule has 1 aliphatic carbocycles. The van der Waals surface area contributed by atoms with Crippen molar-refractivity contribution in [2.75, 3.05) is 37.6 Å². The highest BCUT2D eigenvalue weighted by Crippen LogP contribution is 2.30. The topological polar surface area (TPSA) is 43.2 Å². The molecular formula is C20H22N4. The molecule has 1 aromatic carbocycles. The second-order valence-corrected chi connectivity index (χ2v) is 6.83. The lowest BCUT2D eigenvalue weighted by Crippen LogP contribution is -2.47. The van der Waals surface area contributed by atoms with E-state index in [0.717, 1.165) is 49.0 Å². The van der Waals surface area contributed by atoms with Crippen molar-refractivity contribution in [3.05, 3.63) is 48.2 Å². The minimum Gasteiger partial charge on any atom is -0.354 e. The van der Waals surface area contributed by atoms with Gasteiger partial charge in [-0.3, -0.25) is 4.90 Å². The van der Waals surface area contributed by atoms with Crippen molar-refractivity contribution >= 4 is 5.82 Å². The molecule has 4 rings (SSSR count). The van der Waals surface area contributed by atoms with Crippen LogP contribution in [0.1, 0.15) is 18.4 Å². The lowest BCUT2D eigenvalue weighted by molar-refractivity contribution is 0.247. The maximum atomic E-state index is 8.88. The number of hydrogen-bond donors (Lipinski definition) is 0. The molecule has 0 N–H and O–H groups in total. The van der Waals surface area contributed by atoms with E-state index < -0.39 is 0 Å². The van der Waals surface area contributed by atoms with Gasteiger partial charge >= 0.3 is 0 Å². The monoisotopic (exact) mass is 318 g/mol. The largest absolute Gasteiger partial charge is 0.354 e. The summed E-state index contributed by atoms with van der Waals surface area (Å²) < 4.78 is 0. The molecule has 0 atom stereocenters. The van der Waals surface area contributed by atoms with Crippen molar-refractivity contribution in [2.24, 2.45) is 5.92 Å². The van der Waals surface area contributed by atoms with Gasteiger partial charge in [0.25, 0.3) is 0 Å². The van der Waals surface area contributed by atoms with Gasteiger partial charge in [0.05, 0.1) is 11.6 Å². The summed E-state index contributed by atoms with van der Waals surface area (Å²) >= 11 is 0. The van der Waals surface area contributed by atoms with Gasteiger partial charge in [0.1, 0.15) is 5.82 Å². The van der Waals surface area contributed by atoms with Crippen molar-refractivity contribution in [2.45, 2.75) is 12.8 Å². The number of nitrogens with zero attached hydrogens (tertiary/aromatic N) is 4. The normalized spacial score (nSPS) is 18.4. The molecule has 0 radical (unpaired) electrons. The van der Waals surface area contributed by atoms with Gasteiger partial charge in [-0.1, -0.05) is 12.1 Å². The Hall–Kier alpha value is -2.38. The molecule has 1 aliphatic heterocycles. The molecule has 2 fully saturated rings. The van der Waals surface area contributed by atoms with Crippen LogP contribution in [0.15, 0.2) is 42.6 Å². The Morgan fingerprint density at radius 3 is 2.25 bits per heavy atom. The summed E-state index contributed by atoms with van der Waals surface area (Å²) in [6.07, 6.45) is 4.80. The Labute approximate surface area is 143 Å².